The van der Waals surface area contributed by atoms with Crippen LogP contribution in [0, 0.1) is 15.5 Å². The van der Waals surface area contributed by atoms with E-state index in [0.29, 0.717) is 17.8 Å². The van der Waals surface area contributed by atoms with Crippen molar-refractivity contribution in [3.8, 4) is 5.75 Å². The van der Waals surface area contributed by atoms with Crippen LogP contribution in [0.3, 0.4) is 0 Å². The van der Waals surface area contributed by atoms with E-state index in [0.717, 1.165) is 0 Å². The van der Waals surface area contributed by atoms with Gasteiger partial charge in [0.25, 0.3) is 17.4 Å². The van der Waals surface area contributed by atoms with Crippen molar-refractivity contribution in [2.45, 2.75) is 26.4 Å². The third-order valence-corrected chi connectivity index (χ3v) is 4.30. The van der Waals surface area contributed by atoms with Crippen LogP contribution in [0.4, 0.5) is 11.4 Å². The van der Waals surface area contributed by atoms with E-state index >= 15 is 0 Å². The summed E-state index contributed by atoms with van der Waals surface area (Å²) in [6.45, 7) is 6.10. The van der Waals surface area contributed by atoms with Gasteiger partial charge in [-0.25, -0.2) is 0 Å². The van der Waals surface area contributed by atoms with Gasteiger partial charge in [-0.05, 0) is 17.5 Å². The normalized spacial score (nSPS) is 18.2. The molecule has 1 atom stereocenters. The number of hydrogen-bond donors (Lipinski definition) is 2. The van der Waals surface area contributed by atoms with Gasteiger partial charge in [0.1, 0.15) is 0 Å². The number of anilines is 1. The quantitative estimate of drug-likeness (QED) is 0.468. The topological polar surface area (TPSA) is 111 Å². The molecular weight excluding hydrogens is 362 g/mol. The van der Waals surface area contributed by atoms with Crippen molar-refractivity contribution in [3.05, 3.63) is 64.2 Å². The molecule has 1 heterocycles. The predicted molar refractivity (Wildman–Crippen MR) is 103 cm³/mol. The predicted octanol–water partition coefficient (Wildman–Crippen LogP) is 2.98. The molecule has 0 radical (unpaired) electrons. The number of nitrogens with one attached hydrogen (secondary N) is 2. The molecule has 2 aromatic rings. The van der Waals surface area contributed by atoms with Crippen LogP contribution in [0.1, 0.15) is 26.3 Å². The smallest absolute Gasteiger partial charge is 0.311 e. The number of benzene rings is 2. The average Bonchev–Trinajstić information content (AvgIpc) is 2.92. The van der Waals surface area contributed by atoms with Crippen molar-refractivity contribution in [2.75, 3.05) is 11.9 Å². The van der Waals surface area contributed by atoms with E-state index in [9.17, 15) is 19.7 Å². The Morgan fingerprint density at radius 2 is 1.82 bits per heavy atom. The van der Waals surface area contributed by atoms with Gasteiger partial charge in [-0.3, -0.25) is 19.7 Å². The fourth-order valence-corrected chi connectivity index (χ4v) is 2.93. The van der Waals surface area contributed by atoms with Crippen molar-refractivity contribution >= 4 is 23.2 Å². The Bertz CT molecular complexity index is 951. The summed E-state index contributed by atoms with van der Waals surface area (Å²) >= 11 is 0. The number of para-hydroxylation sites is 3. The van der Waals surface area contributed by atoms with E-state index in [2.05, 4.69) is 10.6 Å². The Morgan fingerprint density at radius 3 is 2.50 bits per heavy atom. The summed E-state index contributed by atoms with van der Waals surface area (Å²) < 4.78 is 5.86. The lowest BCUT2D eigenvalue weighted by Crippen LogP contribution is -2.54. The number of nitrogens with zero attached hydrogens (tertiary/aromatic N) is 1. The van der Waals surface area contributed by atoms with Crippen LogP contribution >= 0.6 is 0 Å². The Morgan fingerprint density at radius 1 is 1.18 bits per heavy atom. The van der Waals surface area contributed by atoms with E-state index in [1.807, 2.05) is 20.8 Å². The Kier molecular flexibility index (Phi) is 4.80. The first-order chi connectivity index (χ1) is 13.1. The lowest BCUT2D eigenvalue weighted by atomic mass is 9.92. The minimum atomic E-state index is -2.06. The molecule has 0 aromatic heterocycles. The van der Waals surface area contributed by atoms with Crippen molar-refractivity contribution in [1.82, 2.24) is 5.32 Å². The summed E-state index contributed by atoms with van der Waals surface area (Å²) in [6, 6.07) is 12.3. The molecule has 1 unspecified atom stereocenters. The third kappa shape index (κ3) is 3.40. The SMILES string of the molecule is CC(C)(C)CNC(=O)C1(Oc2ccccc2[N+](=O)[O-])C(=O)Nc2ccccc21. The van der Waals surface area contributed by atoms with Crippen LogP contribution in [0.15, 0.2) is 48.5 Å². The zero-order valence-corrected chi connectivity index (χ0v) is 15.8. The molecule has 0 spiro atoms. The molecule has 0 fully saturated rings. The van der Waals surface area contributed by atoms with Crippen LogP contribution in [-0.2, 0) is 15.2 Å². The van der Waals surface area contributed by atoms with Gasteiger partial charge in [-0.2, -0.15) is 0 Å². The number of nitro benzene ring substituents is 1. The summed E-state index contributed by atoms with van der Waals surface area (Å²) in [5, 5.41) is 16.8. The molecule has 0 saturated carbocycles. The van der Waals surface area contributed by atoms with Crippen molar-refractivity contribution < 1.29 is 19.2 Å². The van der Waals surface area contributed by atoms with Gasteiger partial charge in [0.15, 0.2) is 5.75 Å². The van der Waals surface area contributed by atoms with Crippen LogP contribution in [0.5, 0.6) is 5.75 Å². The second-order valence-corrected chi connectivity index (χ2v) is 7.75. The van der Waals surface area contributed by atoms with Crippen LogP contribution in [0.25, 0.3) is 0 Å². The highest BCUT2D eigenvalue weighted by Gasteiger charge is 2.56. The first-order valence-electron chi connectivity index (χ1n) is 8.77. The van der Waals surface area contributed by atoms with Crippen molar-refractivity contribution in [3.63, 3.8) is 0 Å². The fourth-order valence-electron chi connectivity index (χ4n) is 2.93. The number of nitro groups is 1. The number of carbonyl (C=O) groups is 2. The molecule has 146 valence electrons. The maximum Gasteiger partial charge on any atom is 0.311 e. The zero-order valence-electron chi connectivity index (χ0n) is 15.8. The molecule has 1 aliphatic rings. The molecular formula is C20H21N3O5. The second-order valence-electron chi connectivity index (χ2n) is 7.75. The molecule has 8 nitrogen and oxygen atoms in total. The van der Waals surface area contributed by atoms with E-state index in [1.165, 1.54) is 18.2 Å². The second kappa shape index (κ2) is 6.95. The molecule has 2 aromatic carbocycles. The minimum absolute atomic E-state index is 0.162. The van der Waals surface area contributed by atoms with Crippen molar-refractivity contribution in [2.24, 2.45) is 5.41 Å². The minimum Gasteiger partial charge on any atom is -0.455 e. The summed E-state index contributed by atoms with van der Waals surface area (Å²) in [5.74, 6) is -1.54. The van der Waals surface area contributed by atoms with Gasteiger partial charge in [0, 0.05) is 23.9 Å². The maximum absolute atomic E-state index is 13.2. The number of rotatable bonds is 5. The lowest BCUT2D eigenvalue weighted by Gasteiger charge is -2.29. The zero-order chi connectivity index (χ0) is 20.5. The van der Waals surface area contributed by atoms with Crippen LogP contribution in [0.2, 0.25) is 0 Å². The number of amides is 2. The number of carbonyl (C=O) groups excluding carboxylic acids is 2. The Labute approximate surface area is 162 Å². The Hall–Kier alpha value is -3.42. The summed E-state index contributed by atoms with van der Waals surface area (Å²) in [4.78, 5) is 36.9. The Balaban J connectivity index is 2.11. The molecule has 2 N–H and O–H groups in total. The van der Waals surface area contributed by atoms with Crippen LogP contribution in [-0.4, -0.2) is 23.3 Å². The van der Waals surface area contributed by atoms with E-state index in [-0.39, 0.29) is 16.9 Å². The van der Waals surface area contributed by atoms with Crippen LogP contribution < -0.4 is 15.4 Å². The molecule has 3 rings (SSSR count). The van der Waals surface area contributed by atoms with Gasteiger partial charge >= 0.3 is 5.69 Å². The van der Waals surface area contributed by atoms with E-state index in [4.69, 9.17) is 4.74 Å². The average molecular weight is 383 g/mol. The standard InChI is InChI=1S/C20H21N3O5/c1-19(2,3)12-21-17(24)20(13-8-4-5-9-14(13)22-18(20)25)28-16-11-7-6-10-15(16)23(26)27/h4-11H,12H2,1-3H3,(H,21,24)(H,22,25). The van der Waals surface area contributed by atoms with Crippen molar-refractivity contribution in [1.29, 1.82) is 0 Å². The third-order valence-electron chi connectivity index (χ3n) is 4.30. The number of ether oxygens (including phenoxy) is 1. The monoisotopic (exact) mass is 383 g/mol. The first kappa shape index (κ1) is 19.3. The van der Waals surface area contributed by atoms with Gasteiger partial charge in [-0.15, -0.1) is 0 Å². The maximum atomic E-state index is 13.2. The highest BCUT2D eigenvalue weighted by atomic mass is 16.6. The highest BCUT2D eigenvalue weighted by Crippen LogP contribution is 2.42. The molecule has 0 aliphatic carbocycles. The molecule has 28 heavy (non-hydrogen) atoms. The fraction of sp³-hybridized carbons (Fsp3) is 0.300. The number of hydrogen-bond acceptors (Lipinski definition) is 5. The van der Waals surface area contributed by atoms with Gasteiger partial charge in [0.05, 0.1) is 4.92 Å². The first-order valence-corrected chi connectivity index (χ1v) is 8.77. The molecule has 1 aliphatic heterocycles. The molecule has 0 saturated heterocycles. The highest BCUT2D eigenvalue weighted by molar-refractivity contribution is 6.19. The summed E-state index contributed by atoms with van der Waals surface area (Å²) in [7, 11) is 0. The summed E-state index contributed by atoms with van der Waals surface area (Å²) in [6.07, 6.45) is 0. The number of fused-ring (bicyclic) bond motifs is 1. The van der Waals surface area contributed by atoms with E-state index < -0.39 is 22.3 Å². The molecule has 2 amide bonds. The molecule has 8 heteroatoms. The molecule has 0 bridgehead atoms. The lowest BCUT2D eigenvalue weighted by molar-refractivity contribution is -0.386. The summed E-state index contributed by atoms with van der Waals surface area (Å²) in [5.41, 5.74) is -1.89. The van der Waals surface area contributed by atoms with Gasteiger partial charge in [0.2, 0.25) is 0 Å². The largest absolute Gasteiger partial charge is 0.455 e. The van der Waals surface area contributed by atoms with Gasteiger partial charge in [-0.1, -0.05) is 51.1 Å². The van der Waals surface area contributed by atoms with Gasteiger partial charge < -0.3 is 15.4 Å². The van der Waals surface area contributed by atoms with E-state index in [1.54, 1.807) is 30.3 Å².